The van der Waals surface area contributed by atoms with Crippen LogP contribution in [0.1, 0.15) is 27.4 Å². The summed E-state index contributed by atoms with van der Waals surface area (Å²) < 4.78 is 1.65. The third-order valence-corrected chi connectivity index (χ3v) is 5.21. The Hall–Kier alpha value is -4.13. The molecule has 0 aliphatic carbocycles. The predicted molar refractivity (Wildman–Crippen MR) is 121 cm³/mol. The van der Waals surface area contributed by atoms with E-state index >= 15 is 0 Å². The second kappa shape index (κ2) is 7.28. The van der Waals surface area contributed by atoms with E-state index in [0.29, 0.717) is 22.7 Å². The summed E-state index contributed by atoms with van der Waals surface area (Å²) in [5, 5.41) is 8.53. The van der Waals surface area contributed by atoms with Gasteiger partial charge < -0.3 is 5.32 Å². The first-order valence-electron chi connectivity index (χ1n) is 9.97. The molecule has 152 valence electrons. The Kier molecular flexibility index (Phi) is 4.43. The lowest BCUT2D eigenvalue weighted by molar-refractivity contribution is 0.102. The highest BCUT2D eigenvalue weighted by atomic mass is 16.1. The quantitative estimate of drug-likeness (QED) is 0.474. The number of benzene rings is 2. The van der Waals surface area contributed by atoms with Gasteiger partial charge >= 0.3 is 0 Å². The van der Waals surface area contributed by atoms with Gasteiger partial charge in [0.1, 0.15) is 5.82 Å². The molecule has 7 heteroatoms. The maximum atomic E-state index is 13.0. The van der Waals surface area contributed by atoms with Crippen LogP contribution in [0, 0.1) is 20.8 Å². The zero-order chi connectivity index (χ0) is 21.5. The minimum atomic E-state index is -0.246. The van der Waals surface area contributed by atoms with Crippen LogP contribution in [-0.2, 0) is 0 Å². The van der Waals surface area contributed by atoms with Crippen LogP contribution in [0.25, 0.3) is 27.8 Å². The van der Waals surface area contributed by atoms with Crippen molar-refractivity contribution in [1.29, 1.82) is 0 Å². The summed E-state index contributed by atoms with van der Waals surface area (Å²) in [6.45, 7) is 5.71. The van der Waals surface area contributed by atoms with Crippen molar-refractivity contribution in [2.24, 2.45) is 0 Å². The number of para-hydroxylation sites is 1. The molecule has 0 aliphatic rings. The lowest BCUT2D eigenvalue weighted by atomic mass is 10.1. The van der Waals surface area contributed by atoms with Crippen LogP contribution in [0.5, 0.6) is 0 Å². The minimum absolute atomic E-state index is 0.246. The fraction of sp³-hybridized carbons (Fsp3) is 0.125. The highest BCUT2D eigenvalue weighted by Gasteiger charge is 2.15. The van der Waals surface area contributed by atoms with Gasteiger partial charge in [-0.3, -0.25) is 4.79 Å². The van der Waals surface area contributed by atoms with Gasteiger partial charge in [-0.25, -0.2) is 15.0 Å². The first-order chi connectivity index (χ1) is 15.0. The molecule has 31 heavy (non-hydrogen) atoms. The number of rotatable bonds is 3. The van der Waals surface area contributed by atoms with Crippen molar-refractivity contribution in [3.8, 4) is 5.82 Å². The van der Waals surface area contributed by atoms with Gasteiger partial charge in [-0.15, -0.1) is 0 Å². The molecule has 5 rings (SSSR count). The van der Waals surface area contributed by atoms with E-state index in [0.717, 1.165) is 33.5 Å². The van der Waals surface area contributed by atoms with Gasteiger partial charge in [0, 0.05) is 17.0 Å². The summed E-state index contributed by atoms with van der Waals surface area (Å²) in [7, 11) is 0. The van der Waals surface area contributed by atoms with E-state index in [9.17, 15) is 4.79 Å². The largest absolute Gasteiger partial charge is 0.306 e. The van der Waals surface area contributed by atoms with Crippen molar-refractivity contribution in [2.75, 3.05) is 5.32 Å². The van der Waals surface area contributed by atoms with Gasteiger partial charge in [-0.05, 0) is 57.2 Å². The average Bonchev–Trinajstić information content (AvgIpc) is 3.13. The normalized spacial score (nSPS) is 11.2. The summed E-state index contributed by atoms with van der Waals surface area (Å²) in [5.41, 5.74) is 5.33. The Bertz CT molecular complexity index is 1470. The van der Waals surface area contributed by atoms with Crippen LogP contribution in [0.15, 0.2) is 60.7 Å². The fourth-order valence-corrected chi connectivity index (χ4v) is 3.50. The molecule has 7 nitrogen and oxygen atoms in total. The van der Waals surface area contributed by atoms with Crippen LogP contribution in [0.4, 0.5) is 5.82 Å². The van der Waals surface area contributed by atoms with Gasteiger partial charge in [-0.1, -0.05) is 18.2 Å². The van der Waals surface area contributed by atoms with Gasteiger partial charge in [0.05, 0.1) is 33.6 Å². The number of carbonyl (C=O) groups excluding carboxylic acids is 1. The van der Waals surface area contributed by atoms with E-state index in [1.807, 2.05) is 69.3 Å². The van der Waals surface area contributed by atoms with Gasteiger partial charge in [0.2, 0.25) is 0 Å². The maximum Gasteiger partial charge on any atom is 0.256 e. The van der Waals surface area contributed by atoms with Gasteiger partial charge in [0.25, 0.3) is 5.91 Å². The molecule has 1 N–H and O–H groups in total. The molecule has 3 heterocycles. The minimum Gasteiger partial charge on any atom is -0.306 e. The molecular formula is C24H20N6O. The van der Waals surface area contributed by atoms with Crippen molar-refractivity contribution in [1.82, 2.24) is 24.7 Å². The molecule has 2 aromatic carbocycles. The van der Waals surface area contributed by atoms with Gasteiger partial charge in [-0.2, -0.15) is 9.78 Å². The van der Waals surface area contributed by atoms with E-state index in [-0.39, 0.29) is 5.91 Å². The molecule has 0 bridgehead atoms. The van der Waals surface area contributed by atoms with Crippen LogP contribution in [-0.4, -0.2) is 30.6 Å². The van der Waals surface area contributed by atoms with E-state index in [1.54, 1.807) is 16.8 Å². The highest BCUT2D eigenvalue weighted by molar-refractivity contribution is 6.05. The number of nitrogens with one attached hydrogen (secondary N) is 1. The maximum absolute atomic E-state index is 13.0. The van der Waals surface area contributed by atoms with Crippen LogP contribution in [0.3, 0.4) is 0 Å². The Morgan fingerprint density at radius 1 is 0.806 bits per heavy atom. The van der Waals surface area contributed by atoms with Gasteiger partial charge in [0.15, 0.2) is 5.82 Å². The molecule has 0 atom stereocenters. The van der Waals surface area contributed by atoms with Crippen molar-refractivity contribution in [2.45, 2.75) is 20.8 Å². The number of fused-ring (bicyclic) bond motifs is 2. The summed E-state index contributed by atoms with van der Waals surface area (Å²) in [6, 6.07) is 18.9. The monoisotopic (exact) mass is 408 g/mol. The third kappa shape index (κ3) is 3.50. The van der Waals surface area contributed by atoms with E-state index in [1.165, 1.54) is 0 Å². The number of amides is 1. The number of hydrogen-bond acceptors (Lipinski definition) is 5. The summed E-state index contributed by atoms with van der Waals surface area (Å²) in [6.07, 6.45) is 0. The molecule has 0 spiro atoms. The molecule has 3 aromatic heterocycles. The lowest BCUT2D eigenvalue weighted by Gasteiger charge is -2.10. The zero-order valence-electron chi connectivity index (χ0n) is 17.4. The molecule has 0 fully saturated rings. The van der Waals surface area contributed by atoms with Crippen molar-refractivity contribution < 1.29 is 4.79 Å². The van der Waals surface area contributed by atoms with Crippen molar-refractivity contribution in [3.05, 3.63) is 83.3 Å². The number of nitrogens with zero attached hydrogens (tertiary/aromatic N) is 5. The molecule has 0 saturated carbocycles. The van der Waals surface area contributed by atoms with Crippen LogP contribution < -0.4 is 5.32 Å². The van der Waals surface area contributed by atoms with Crippen molar-refractivity contribution in [3.63, 3.8) is 0 Å². The Balaban J connectivity index is 1.49. The Morgan fingerprint density at radius 3 is 2.42 bits per heavy atom. The Morgan fingerprint density at radius 2 is 1.58 bits per heavy atom. The number of pyridine rings is 1. The Labute approximate surface area is 178 Å². The second-order valence-electron chi connectivity index (χ2n) is 7.50. The zero-order valence-corrected chi connectivity index (χ0v) is 17.4. The molecule has 0 unspecified atom stereocenters. The molecule has 0 saturated heterocycles. The molecular weight excluding hydrogens is 388 g/mol. The number of aromatic nitrogens is 5. The average molecular weight is 408 g/mol. The predicted octanol–water partition coefficient (Wildman–Crippen LogP) is 4.54. The first-order valence-corrected chi connectivity index (χ1v) is 9.97. The summed E-state index contributed by atoms with van der Waals surface area (Å²) in [4.78, 5) is 26.8. The van der Waals surface area contributed by atoms with Crippen LogP contribution >= 0.6 is 0 Å². The number of anilines is 1. The number of hydrogen-bond donors (Lipinski definition) is 1. The lowest BCUT2D eigenvalue weighted by Crippen LogP contribution is -2.15. The second-order valence-corrected chi connectivity index (χ2v) is 7.50. The molecule has 5 aromatic rings. The topological polar surface area (TPSA) is 85.6 Å². The smallest absolute Gasteiger partial charge is 0.256 e. The standard InChI is InChI=1S/C24H20N6O/c1-14-12-23(30(29-14)22-11-9-17-6-4-5-7-19(17)27-22)28-24(31)18-8-10-20-21(13-18)26-16(3)15(2)25-20/h4-13H,1-3H3,(H,28,31). The molecule has 1 amide bonds. The fourth-order valence-electron chi connectivity index (χ4n) is 3.50. The molecule has 0 aliphatic heterocycles. The third-order valence-electron chi connectivity index (χ3n) is 5.21. The number of aryl methyl sites for hydroxylation is 3. The summed E-state index contributed by atoms with van der Waals surface area (Å²) >= 11 is 0. The van der Waals surface area contributed by atoms with Crippen LogP contribution in [0.2, 0.25) is 0 Å². The summed E-state index contributed by atoms with van der Waals surface area (Å²) in [5.74, 6) is 0.943. The number of carbonyl (C=O) groups is 1. The van der Waals surface area contributed by atoms with E-state index < -0.39 is 0 Å². The van der Waals surface area contributed by atoms with E-state index in [2.05, 4.69) is 25.4 Å². The highest BCUT2D eigenvalue weighted by Crippen LogP contribution is 2.21. The van der Waals surface area contributed by atoms with E-state index in [4.69, 9.17) is 0 Å². The molecule has 0 radical (unpaired) electrons. The van der Waals surface area contributed by atoms with Crippen molar-refractivity contribution >= 4 is 33.7 Å². The first kappa shape index (κ1) is 18.9. The SMILES string of the molecule is Cc1cc(NC(=O)c2ccc3nc(C)c(C)nc3c2)n(-c2ccc3ccccc3n2)n1.